The Morgan fingerprint density at radius 3 is 2.46 bits per heavy atom. The topological polar surface area (TPSA) is 38.3 Å². The van der Waals surface area contributed by atoms with Gasteiger partial charge in [-0.3, -0.25) is 5.32 Å². The number of carbonyl (C=O) groups is 1. The van der Waals surface area contributed by atoms with E-state index >= 15 is 0 Å². The van der Waals surface area contributed by atoms with E-state index in [4.69, 9.17) is 4.74 Å². The number of carbonyl (C=O) groups excluding carboxylic acids is 1. The third kappa shape index (κ3) is 3.93. The van der Waals surface area contributed by atoms with E-state index in [1.165, 1.54) is 5.56 Å². The molecule has 0 aliphatic carbocycles. The normalized spacial score (nSPS) is 11.9. The van der Waals surface area contributed by atoms with Crippen LogP contribution in [0.5, 0.6) is 0 Å². The summed E-state index contributed by atoms with van der Waals surface area (Å²) in [7, 11) is 0. The molecular weight excluding hydrogens is 298 g/mol. The number of ether oxygens (including phenoxy) is 1. The minimum atomic E-state index is -0.408. The molecule has 3 aromatic carbocycles. The average molecular weight is 319 g/mol. The Hall–Kier alpha value is -2.81. The van der Waals surface area contributed by atoms with Gasteiger partial charge in [0.1, 0.15) is 6.10 Å². The highest BCUT2D eigenvalue weighted by molar-refractivity contribution is 6.00. The van der Waals surface area contributed by atoms with Crippen LogP contribution in [0.1, 0.15) is 18.9 Å². The zero-order valence-electron chi connectivity index (χ0n) is 13.7. The van der Waals surface area contributed by atoms with Crippen LogP contribution in [0.4, 0.5) is 10.5 Å². The SMILES string of the molecule is CC[C@H](Cc1ccccc1)OC(=O)Nc1cccc2ccccc12. The maximum absolute atomic E-state index is 12.3. The second kappa shape index (κ2) is 7.64. The van der Waals surface area contributed by atoms with Gasteiger partial charge >= 0.3 is 6.09 Å². The number of amides is 1. The summed E-state index contributed by atoms with van der Waals surface area (Å²) in [6, 6.07) is 23.9. The Labute approximate surface area is 142 Å². The molecule has 0 radical (unpaired) electrons. The molecule has 24 heavy (non-hydrogen) atoms. The van der Waals surface area contributed by atoms with Crippen molar-refractivity contribution in [2.75, 3.05) is 5.32 Å². The van der Waals surface area contributed by atoms with Gasteiger partial charge in [0.25, 0.3) is 0 Å². The fourth-order valence-electron chi connectivity index (χ4n) is 2.77. The van der Waals surface area contributed by atoms with Gasteiger partial charge in [0.2, 0.25) is 0 Å². The summed E-state index contributed by atoms with van der Waals surface area (Å²) in [6.07, 6.45) is 0.953. The Morgan fingerprint density at radius 1 is 0.958 bits per heavy atom. The standard InChI is InChI=1S/C21H21NO2/c1-2-18(15-16-9-4-3-5-10-16)24-21(23)22-20-14-8-12-17-11-6-7-13-19(17)20/h3-14,18H,2,15H2,1H3,(H,22,23)/t18-/m1/s1. The van der Waals surface area contributed by atoms with Crippen molar-refractivity contribution in [1.29, 1.82) is 0 Å². The van der Waals surface area contributed by atoms with Crippen LogP contribution in [0.15, 0.2) is 72.8 Å². The van der Waals surface area contributed by atoms with Crippen molar-refractivity contribution in [3.63, 3.8) is 0 Å². The maximum Gasteiger partial charge on any atom is 0.411 e. The molecule has 3 nitrogen and oxygen atoms in total. The van der Waals surface area contributed by atoms with Crippen LogP contribution in [0, 0.1) is 0 Å². The van der Waals surface area contributed by atoms with E-state index in [-0.39, 0.29) is 6.10 Å². The first-order valence-electron chi connectivity index (χ1n) is 8.25. The third-order valence-corrected chi connectivity index (χ3v) is 4.06. The zero-order chi connectivity index (χ0) is 16.8. The van der Waals surface area contributed by atoms with E-state index in [0.717, 1.165) is 29.3 Å². The van der Waals surface area contributed by atoms with Crippen molar-refractivity contribution in [1.82, 2.24) is 0 Å². The Balaban J connectivity index is 1.67. The number of hydrogen-bond acceptors (Lipinski definition) is 2. The van der Waals surface area contributed by atoms with Gasteiger partial charge in [-0.1, -0.05) is 73.7 Å². The second-order valence-electron chi connectivity index (χ2n) is 5.78. The monoisotopic (exact) mass is 319 g/mol. The first kappa shape index (κ1) is 16.1. The predicted molar refractivity (Wildman–Crippen MR) is 98.3 cm³/mol. The lowest BCUT2D eigenvalue weighted by atomic mass is 10.1. The maximum atomic E-state index is 12.3. The summed E-state index contributed by atoms with van der Waals surface area (Å²) in [6.45, 7) is 2.03. The quantitative estimate of drug-likeness (QED) is 0.683. The number of rotatable bonds is 5. The summed E-state index contributed by atoms with van der Waals surface area (Å²) >= 11 is 0. The van der Waals surface area contributed by atoms with Crippen LogP contribution in [-0.4, -0.2) is 12.2 Å². The van der Waals surface area contributed by atoms with E-state index in [9.17, 15) is 4.79 Å². The molecule has 0 aliphatic rings. The van der Waals surface area contributed by atoms with Gasteiger partial charge in [0, 0.05) is 11.8 Å². The fourth-order valence-corrected chi connectivity index (χ4v) is 2.77. The molecule has 3 rings (SSSR count). The van der Waals surface area contributed by atoms with Gasteiger partial charge in [0.05, 0.1) is 5.69 Å². The summed E-state index contributed by atoms with van der Waals surface area (Å²) in [5.74, 6) is 0. The zero-order valence-corrected chi connectivity index (χ0v) is 13.7. The van der Waals surface area contributed by atoms with Gasteiger partial charge in [-0.25, -0.2) is 4.79 Å². The number of anilines is 1. The number of benzene rings is 3. The number of nitrogens with one attached hydrogen (secondary N) is 1. The van der Waals surface area contributed by atoms with E-state index in [1.807, 2.05) is 67.6 Å². The predicted octanol–water partition coefficient (Wildman–Crippen LogP) is 5.41. The van der Waals surface area contributed by atoms with Gasteiger partial charge in [-0.05, 0) is 23.4 Å². The molecule has 1 atom stereocenters. The molecule has 0 bridgehead atoms. The van der Waals surface area contributed by atoms with Gasteiger partial charge < -0.3 is 4.74 Å². The number of hydrogen-bond donors (Lipinski definition) is 1. The largest absolute Gasteiger partial charge is 0.446 e. The highest BCUT2D eigenvalue weighted by Crippen LogP contribution is 2.23. The average Bonchev–Trinajstić information content (AvgIpc) is 2.62. The summed E-state index contributed by atoms with van der Waals surface area (Å²) in [4.78, 5) is 12.3. The molecule has 3 heteroatoms. The highest BCUT2D eigenvalue weighted by Gasteiger charge is 2.14. The van der Waals surface area contributed by atoms with Crippen molar-refractivity contribution in [2.24, 2.45) is 0 Å². The minimum absolute atomic E-state index is 0.137. The molecule has 1 amide bonds. The van der Waals surface area contributed by atoms with E-state index in [1.54, 1.807) is 0 Å². The third-order valence-electron chi connectivity index (χ3n) is 4.06. The van der Waals surface area contributed by atoms with Crippen LogP contribution < -0.4 is 5.32 Å². The van der Waals surface area contributed by atoms with E-state index in [0.29, 0.717) is 0 Å². The molecule has 0 saturated heterocycles. The lowest BCUT2D eigenvalue weighted by molar-refractivity contribution is 0.108. The van der Waals surface area contributed by atoms with Crippen molar-refractivity contribution >= 4 is 22.6 Å². The summed E-state index contributed by atoms with van der Waals surface area (Å²) in [5, 5.41) is 4.97. The first-order valence-corrected chi connectivity index (χ1v) is 8.25. The van der Waals surface area contributed by atoms with Gasteiger partial charge in [-0.2, -0.15) is 0 Å². The summed E-state index contributed by atoms with van der Waals surface area (Å²) in [5.41, 5.74) is 1.94. The lowest BCUT2D eigenvalue weighted by Gasteiger charge is -2.17. The summed E-state index contributed by atoms with van der Waals surface area (Å²) < 4.78 is 5.61. The molecule has 0 unspecified atom stereocenters. The Bertz CT molecular complexity index is 809. The second-order valence-corrected chi connectivity index (χ2v) is 5.78. The van der Waals surface area contributed by atoms with Crippen molar-refractivity contribution in [3.8, 4) is 0 Å². The highest BCUT2D eigenvalue weighted by atomic mass is 16.6. The molecule has 3 aromatic rings. The van der Waals surface area contributed by atoms with E-state index < -0.39 is 6.09 Å². The molecule has 122 valence electrons. The van der Waals surface area contributed by atoms with Gasteiger partial charge in [-0.15, -0.1) is 0 Å². The van der Waals surface area contributed by atoms with E-state index in [2.05, 4.69) is 17.4 Å². The molecule has 0 fully saturated rings. The minimum Gasteiger partial charge on any atom is -0.446 e. The molecular formula is C21H21NO2. The molecule has 0 aromatic heterocycles. The molecule has 1 N–H and O–H groups in total. The van der Waals surface area contributed by atoms with Crippen LogP contribution in [0.25, 0.3) is 10.8 Å². The number of fused-ring (bicyclic) bond motifs is 1. The van der Waals surface area contributed by atoms with Crippen LogP contribution in [0.3, 0.4) is 0 Å². The Morgan fingerprint density at radius 2 is 1.67 bits per heavy atom. The van der Waals surface area contributed by atoms with Crippen LogP contribution in [0.2, 0.25) is 0 Å². The fraction of sp³-hybridized carbons (Fsp3) is 0.190. The Kier molecular flexibility index (Phi) is 5.12. The van der Waals surface area contributed by atoms with Crippen LogP contribution >= 0.6 is 0 Å². The molecule has 0 aliphatic heterocycles. The van der Waals surface area contributed by atoms with Crippen molar-refractivity contribution in [3.05, 3.63) is 78.4 Å². The van der Waals surface area contributed by atoms with Gasteiger partial charge in [0.15, 0.2) is 0 Å². The lowest BCUT2D eigenvalue weighted by Crippen LogP contribution is -2.23. The van der Waals surface area contributed by atoms with Crippen molar-refractivity contribution in [2.45, 2.75) is 25.9 Å². The smallest absolute Gasteiger partial charge is 0.411 e. The molecule has 0 spiro atoms. The molecule has 0 saturated carbocycles. The van der Waals surface area contributed by atoms with Crippen LogP contribution in [-0.2, 0) is 11.2 Å². The molecule has 0 heterocycles. The first-order chi connectivity index (χ1) is 11.8. The van der Waals surface area contributed by atoms with Crippen molar-refractivity contribution < 1.29 is 9.53 Å².